The van der Waals surface area contributed by atoms with Gasteiger partial charge in [-0.2, -0.15) is 4.98 Å². The number of anilines is 1. The van der Waals surface area contributed by atoms with Gasteiger partial charge in [-0.1, -0.05) is 5.16 Å². The molecule has 19 heavy (non-hydrogen) atoms. The lowest BCUT2D eigenvalue weighted by Gasteiger charge is -2.04. The highest BCUT2D eigenvalue weighted by molar-refractivity contribution is 7.14. The fourth-order valence-corrected chi connectivity index (χ4v) is 2.14. The van der Waals surface area contributed by atoms with Crippen molar-refractivity contribution in [1.82, 2.24) is 15.1 Å². The summed E-state index contributed by atoms with van der Waals surface area (Å²) in [7, 11) is 0. The molecule has 0 spiro atoms. The lowest BCUT2D eigenvalue weighted by atomic mass is 10.4. The van der Waals surface area contributed by atoms with Gasteiger partial charge in [0, 0.05) is 13.0 Å². The number of rotatable bonds is 6. The average molecular weight is 282 g/mol. The Morgan fingerprint density at radius 3 is 3.11 bits per heavy atom. The minimum absolute atomic E-state index is 0.313. The zero-order valence-electron chi connectivity index (χ0n) is 10.7. The summed E-state index contributed by atoms with van der Waals surface area (Å²) in [6, 6.07) is 0. The number of nitrogens with zero attached hydrogens (tertiary/aromatic N) is 3. The van der Waals surface area contributed by atoms with Crippen LogP contribution < -0.4 is 5.32 Å². The van der Waals surface area contributed by atoms with Crippen LogP contribution in [0.1, 0.15) is 29.1 Å². The van der Waals surface area contributed by atoms with Crippen molar-refractivity contribution in [2.45, 2.75) is 20.3 Å². The molecule has 102 valence electrons. The molecule has 0 unspecified atom stereocenters. The molecule has 0 saturated carbocycles. The van der Waals surface area contributed by atoms with Gasteiger partial charge in [0.2, 0.25) is 5.89 Å². The maximum absolute atomic E-state index is 11.6. The fraction of sp³-hybridized carbons (Fsp3) is 0.455. The Bertz CT molecular complexity index is 552. The first-order valence-electron chi connectivity index (χ1n) is 5.84. The van der Waals surface area contributed by atoms with Crippen LogP contribution in [0.3, 0.4) is 0 Å². The molecule has 2 aromatic rings. The molecule has 0 bridgehead atoms. The predicted molar refractivity (Wildman–Crippen MR) is 69.3 cm³/mol. The molecule has 0 atom stereocenters. The molecule has 0 aliphatic carbocycles. The van der Waals surface area contributed by atoms with Crippen LogP contribution >= 0.6 is 11.3 Å². The lowest BCUT2D eigenvalue weighted by Crippen LogP contribution is -2.10. The van der Waals surface area contributed by atoms with Crippen LogP contribution in [0.25, 0.3) is 0 Å². The van der Waals surface area contributed by atoms with Crippen LogP contribution in [0.5, 0.6) is 0 Å². The molecule has 0 aliphatic rings. The number of esters is 1. The Labute approximate surface area is 114 Å². The first-order valence-corrected chi connectivity index (χ1v) is 6.72. The topological polar surface area (TPSA) is 90.1 Å². The highest BCUT2D eigenvalue weighted by atomic mass is 32.1. The second kappa shape index (κ2) is 6.28. The predicted octanol–water partition coefficient (Wildman–Crippen LogP) is 1.67. The number of aryl methyl sites for hydroxylation is 1. The maximum Gasteiger partial charge on any atom is 0.360 e. The highest BCUT2D eigenvalue weighted by Gasteiger charge is 2.15. The third kappa shape index (κ3) is 3.50. The third-order valence-electron chi connectivity index (χ3n) is 2.23. The summed E-state index contributed by atoms with van der Waals surface area (Å²) < 4.78 is 9.91. The number of hydrogen-bond donors (Lipinski definition) is 1. The van der Waals surface area contributed by atoms with E-state index in [1.807, 2.05) is 0 Å². The van der Waals surface area contributed by atoms with Crippen molar-refractivity contribution in [3.8, 4) is 0 Å². The molecule has 1 N–H and O–H groups in total. The molecule has 2 heterocycles. The van der Waals surface area contributed by atoms with E-state index in [-0.39, 0.29) is 0 Å². The van der Waals surface area contributed by atoms with Crippen molar-refractivity contribution < 1.29 is 14.1 Å². The second-order valence-electron chi connectivity index (χ2n) is 3.66. The van der Waals surface area contributed by atoms with Crippen LogP contribution in [0.15, 0.2) is 10.0 Å². The first-order chi connectivity index (χ1) is 9.20. The molecular formula is C11H14N4O3S. The molecule has 0 fully saturated rings. The standard InChI is InChI=1S/C11H14N4O3S/c1-3-17-11(16)9-10(19-6-13-9)12-5-4-8-14-7(2)15-18-8/h6,12H,3-5H2,1-2H3. The summed E-state index contributed by atoms with van der Waals surface area (Å²) in [6.45, 7) is 4.44. The van der Waals surface area contributed by atoms with Gasteiger partial charge in [-0.25, -0.2) is 9.78 Å². The summed E-state index contributed by atoms with van der Waals surface area (Å²) in [5, 5.41) is 7.51. The number of carbonyl (C=O) groups is 1. The minimum Gasteiger partial charge on any atom is -0.461 e. The van der Waals surface area contributed by atoms with Gasteiger partial charge >= 0.3 is 5.97 Å². The van der Waals surface area contributed by atoms with Crippen molar-refractivity contribution in [3.63, 3.8) is 0 Å². The van der Waals surface area contributed by atoms with E-state index in [1.165, 1.54) is 11.3 Å². The van der Waals surface area contributed by atoms with Crippen molar-refractivity contribution in [3.05, 3.63) is 22.9 Å². The van der Waals surface area contributed by atoms with Crippen molar-refractivity contribution >= 4 is 22.3 Å². The van der Waals surface area contributed by atoms with Crippen LogP contribution in [-0.4, -0.2) is 34.2 Å². The largest absolute Gasteiger partial charge is 0.461 e. The minimum atomic E-state index is -0.417. The van der Waals surface area contributed by atoms with Crippen LogP contribution in [-0.2, 0) is 11.2 Å². The van der Waals surface area contributed by atoms with Gasteiger partial charge in [0.25, 0.3) is 0 Å². The normalized spacial score (nSPS) is 10.4. The van der Waals surface area contributed by atoms with E-state index in [0.717, 1.165) is 0 Å². The molecule has 2 aromatic heterocycles. The monoisotopic (exact) mass is 282 g/mol. The quantitative estimate of drug-likeness (QED) is 0.806. The molecule has 2 rings (SSSR count). The number of thiazole rings is 1. The molecular weight excluding hydrogens is 268 g/mol. The molecule has 0 amide bonds. The first kappa shape index (κ1) is 13.5. The highest BCUT2D eigenvalue weighted by Crippen LogP contribution is 2.20. The maximum atomic E-state index is 11.6. The average Bonchev–Trinajstić information content (AvgIpc) is 2.99. The molecule has 0 saturated heterocycles. The Balaban J connectivity index is 1.89. The zero-order chi connectivity index (χ0) is 13.7. The van der Waals surface area contributed by atoms with Gasteiger partial charge in [-0.05, 0) is 13.8 Å². The van der Waals surface area contributed by atoms with Gasteiger partial charge in [0.15, 0.2) is 11.5 Å². The number of carbonyl (C=O) groups excluding carboxylic acids is 1. The fourth-order valence-electron chi connectivity index (χ4n) is 1.44. The van der Waals surface area contributed by atoms with E-state index >= 15 is 0 Å². The SMILES string of the molecule is CCOC(=O)c1ncsc1NCCc1nc(C)no1. The van der Waals surface area contributed by atoms with E-state index in [2.05, 4.69) is 20.4 Å². The Morgan fingerprint density at radius 2 is 2.42 bits per heavy atom. The Kier molecular flexibility index (Phi) is 4.45. The third-order valence-corrected chi connectivity index (χ3v) is 3.01. The van der Waals surface area contributed by atoms with Gasteiger partial charge < -0.3 is 14.6 Å². The van der Waals surface area contributed by atoms with Crippen molar-refractivity contribution in [1.29, 1.82) is 0 Å². The van der Waals surface area contributed by atoms with E-state index in [9.17, 15) is 4.79 Å². The van der Waals surface area contributed by atoms with Crippen LogP contribution in [0.2, 0.25) is 0 Å². The number of aromatic nitrogens is 3. The van der Waals surface area contributed by atoms with Gasteiger partial charge in [-0.15, -0.1) is 11.3 Å². The lowest BCUT2D eigenvalue weighted by molar-refractivity contribution is 0.0521. The Morgan fingerprint density at radius 1 is 1.58 bits per heavy atom. The second-order valence-corrected chi connectivity index (χ2v) is 4.52. The summed E-state index contributed by atoms with van der Waals surface area (Å²) in [5.41, 5.74) is 1.92. The summed E-state index contributed by atoms with van der Waals surface area (Å²) in [4.78, 5) is 19.7. The van der Waals surface area contributed by atoms with Gasteiger partial charge in [0.1, 0.15) is 5.00 Å². The molecule has 0 aromatic carbocycles. The summed E-state index contributed by atoms with van der Waals surface area (Å²) in [6.07, 6.45) is 0.584. The van der Waals surface area contributed by atoms with Crippen molar-refractivity contribution in [2.24, 2.45) is 0 Å². The number of ether oxygens (including phenoxy) is 1. The summed E-state index contributed by atoms with van der Waals surface area (Å²) >= 11 is 1.35. The molecule has 8 heteroatoms. The van der Waals surface area contributed by atoms with Crippen LogP contribution in [0, 0.1) is 6.92 Å². The van der Waals surface area contributed by atoms with Gasteiger partial charge in [-0.3, -0.25) is 0 Å². The van der Waals surface area contributed by atoms with Crippen molar-refractivity contribution in [2.75, 3.05) is 18.5 Å². The molecule has 7 nitrogen and oxygen atoms in total. The number of hydrogen-bond acceptors (Lipinski definition) is 8. The Hall–Kier alpha value is -1.96. The molecule has 0 radical (unpaired) electrons. The molecule has 0 aliphatic heterocycles. The summed E-state index contributed by atoms with van der Waals surface area (Å²) in [5.74, 6) is 0.757. The van der Waals surface area contributed by atoms with E-state index in [1.54, 1.807) is 19.4 Å². The van der Waals surface area contributed by atoms with E-state index < -0.39 is 5.97 Å². The van der Waals surface area contributed by atoms with E-state index in [0.29, 0.717) is 42.0 Å². The number of nitrogens with one attached hydrogen (secondary N) is 1. The van der Waals surface area contributed by atoms with E-state index in [4.69, 9.17) is 9.26 Å². The smallest absolute Gasteiger partial charge is 0.360 e. The van der Waals surface area contributed by atoms with Crippen LogP contribution in [0.4, 0.5) is 5.00 Å². The van der Waals surface area contributed by atoms with Gasteiger partial charge in [0.05, 0.1) is 12.1 Å². The zero-order valence-corrected chi connectivity index (χ0v) is 11.5.